The molecule has 2 rings (SSSR count). The van der Waals surface area contributed by atoms with Crippen molar-refractivity contribution in [3.63, 3.8) is 0 Å². The molecule has 0 radical (unpaired) electrons. The summed E-state index contributed by atoms with van der Waals surface area (Å²) in [7, 11) is 0. The van der Waals surface area contributed by atoms with Gasteiger partial charge in [-0.3, -0.25) is 4.98 Å². The van der Waals surface area contributed by atoms with E-state index in [0.717, 1.165) is 11.1 Å². The second kappa shape index (κ2) is 5.94. The summed E-state index contributed by atoms with van der Waals surface area (Å²) in [5, 5.41) is 3.74. The number of hydrogen-bond acceptors (Lipinski definition) is 2. The largest absolute Gasteiger partial charge is 0.306 e. The third kappa shape index (κ3) is 3.52. The zero-order valence-corrected chi connectivity index (χ0v) is 10.8. The summed E-state index contributed by atoms with van der Waals surface area (Å²) < 4.78 is 13.2. The molecular formula is C14H14ClFN2. The predicted octanol–water partition coefficient (Wildman–Crippen LogP) is 3.72. The third-order valence-corrected chi connectivity index (χ3v) is 2.96. The summed E-state index contributed by atoms with van der Waals surface area (Å²) in [6.45, 7) is 2.62. The Labute approximate surface area is 111 Å². The minimum Gasteiger partial charge on any atom is -0.306 e. The molecule has 0 saturated heterocycles. The molecule has 1 heterocycles. The van der Waals surface area contributed by atoms with E-state index in [4.69, 9.17) is 11.6 Å². The van der Waals surface area contributed by atoms with Crippen molar-refractivity contribution < 1.29 is 4.39 Å². The first-order valence-corrected chi connectivity index (χ1v) is 6.11. The highest BCUT2D eigenvalue weighted by atomic mass is 35.5. The molecule has 4 heteroatoms. The molecule has 1 aromatic carbocycles. The summed E-state index contributed by atoms with van der Waals surface area (Å²) in [6.07, 6.45) is 3.51. The smallest absolute Gasteiger partial charge is 0.125 e. The van der Waals surface area contributed by atoms with Gasteiger partial charge in [0.15, 0.2) is 0 Å². The molecule has 0 spiro atoms. The topological polar surface area (TPSA) is 24.9 Å². The second-order valence-electron chi connectivity index (χ2n) is 4.16. The van der Waals surface area contributed by atoms with Gasteiger partial charge in [-0.1, -0.05) is 11.6 Å². The molecule has 1 unspecified atom stereocenters. The number of aromatic nitrogens is 1. The van der Waals surface area contributed by atoms with Crippen LogP contribution in [-0.2, 0) is 6.54 Å². The van der Waals surface area contributed by atoms with Crippen LogP contribution in [0.15, 0.2) is 42.7 Å². The normalized spacial score (nSPS) is 12.4. The minimum atomic E-state index is -0.309. The SMILES string of the molecule is CC(NCc1cc(F)cc(Cl)c1)c1ccncc1. The van der Waals surface area contributed by atoms with Crippen molar-refractivity contribution in [2.24, 2.45) is 0 Å². The Morgan fingerprint density at radius 3 is 2.67 bits per heavy atom. The molecule has 94 valence electrons. The van der Waals surface area contributed by atoms with Crippen LogP contribution in [0.1, 0.15) is 24.1 Å². The highest BCUT2D eigenvalue weighted by Gasteiger charge is 2.05. The summed E-state index contributed by atoms with van der Waals surface area (Å²) in [5.74, 6) is -0.309. The van der Waals surface area contributed by atoms with E-state index in [1.807, 2.05) is 12.1 Å². The van der Waals surface area contributed by atoms with E-state index in [0.29, 0.717) is 11.6 Å². The van der Waals surface area contributed by atoms with E-state index in [1.54, 1.807) is 18.5 Å². The van der Waals surface area contributed by atoms with Crippen LogP contribution in [0.25, 0.3) is 0 Å². The van der Waals surface area contributed by atoms with Gasteiger partial charge in [0.05, 0.1) is 0 Å². The summed E-state index contributed by atoms with van der Waals surface area (Å²) in [6, 6.07) is 8.63. The molecule has 0 saturated carbocycles. The van der Waals surface area contributed by atoms with Crippen LogP contribution in [0.4, 0.5) is 4.39 Å². The minimum absolute atomic E-state index is 0.176. The molecule has 1 aromatic heterocycles. The van der Waals surface area contributed by atoms with Crippen molar-refractivity contribution in [2.45, 2.75) is 19.5 Å². The van der Waals surface area contributed by atoms with Gasteiger partial charge in [-0.2, -0.15) is 0 Å². The van der Waals surface area contributed by atoms with Gasteiger partial charge in [-0.25, -0.2) is 4.39 Å². The van der Waals surface area contributed by atoms with E-state index in [-0.39, 0.29) is 11.9 Å². The molecule has 0 bridgehead atoms. The van der Waals surface area contributed by atoms with Crippen LogP contribution in [-0.4, -0.2) is 4.98 Å². The van der Waals surface area contributed by atoms with E-state index in [1.165, 1.54) is 12.1 Å². The highest BCUT2D eigenvalue weighted by Crippen LogP contribution is 2.16. The number of nitrogens with one attached hydrogen (secondary N) is 1. The summed E-state index contributed by atoms with van der Waals surface area (Å²) in [5.41, 5.74) is 1.98. The fraction of sp³-hybridized carbons (Fsp3) is 0.214. The molecule has 2 nitrogen and oxygen atoms in total. The summed E-state index contributed by atoms with van der Waals surface area (Å²) >= 11 is 5.81. The number of rotatable bonds is 4. The molecule has 0 fully saturated rings. The standard InChI is InChI=1S/C14H14ClFN2/c1-10(12-2-4-17-5-3-12)18-9-11-6-13(15)8-14(16)7-11/h2-8,10,18H,9H2,1H3. The van der Waals surface area contributed by atoms with Crippen molar-refractivity contribution >= 4 is 11.6 Å². The molecular weight excluding hydrogens is 251 g/mol. The van der Waals surface area contributed by atoms with Gasteiger partial charge in [0, 0.05) is 30.0 Å². The predicted molar refractivity (Wildman–Crippen MR) is 70.9 cm³/mol. The average Bonchev–Trinajstić information content (AvgIpc) is 2.36. The lowest BCUT2D eigenvalue weighted by molar-refractivity contribution is 0.569. The van der Waals surface area contributed by atoms with Crippen LogP contribution in [0.3, 0.4) is 0 Å². The maximum Gasteiger partial charge on any atom is 0.125 e. The Morgan fingerprint density at radius 1 is 1.28 bits per heavy atom. The van der Waals surface area contributed by atoms with Gasteiger partial charge in [0.1, 0.15) is 5.82 Å². The molecule has 18 heavy (non-hydrogen) atoms. The van der Waals surface area contributed by atoms with Crippen molar-refractivity contribution in [3.8, 4) is 0 Å². The number of pyridine rings is 1. The Hall–Kier alpha value is -1.45. The van der Waals surface area contributed by atoms with Gasteiger partial charge in [-0.15, -0.1) is 0 Å². The molecule has 1 atom stereocenters. The molecule has 2 aromatic rings. The Bertz CT molecular complexity index is 496. The zero-order valence-electron chi connectivity index (χ0n) is 10.0. The fourth-order valence-corrected chi connectivity index (χ4v) is 2.00. The lowest BCUT2D eigenvalue weighted by Crippen LogP contribution is -2.18. The molecule has 0 aliphatic rings. The van der Waals surface area contributed by atoms with Gasteiger partial charge in [-0.05, 0) is 48.4 Å². The molecule has 0 aliphatic heterocycles. The number of hydrogen-bond donors (Lipinski definition) is 1. The van der Waals surface area contributed by atoms with Gasteiger partial charge < -0.3 is 5.32 Å². The van der Waals surface area contributed by atoms with Crippen LogP contribution in [0, 0.1) is 5.82 Å². The molecule has 1 N–H and O–H groups in total. The quantitative estimate of drug-likeness (QED) is 0.910. The number of benzene rings is 1. The lowest BCUT2D eigenvalue weighted by atomic mass is 10.1. The first kappa shape index (κ1) is 13.0. The first-order chi connectivity index (χ1) is 8.65. The van der Waals surface area contributed by atoms with E-state index in [9.17, 15) is 4.39 Å². The number of halogens is 2. The van der Waals surface area contributed by atoms with Crippen molar-refractivity contribution in [3.05, 3.63) is 64.7 Å². The molecule has 0 amide bonds. The van der Waals surface area contributed by atoms with Crippen LogP contribution in [0.5, 0.6) is 0 Å². The van der Waals surface area contributed by atoms with Gasteiger partial charge in [0.2, 0.25) is 0 Å². The maximum atomic E-state index is 13.2. The Morgan fingerprint density at radius 2 is 2.00 bits per heavy atom. The van der Waals surface area contributed by atoms with Crippen molar-refractivity contribution in [1.82, 2.24) is 10.3 Å². The maximum absolute atomic E-state index is 13.2. The Kier molecular flexibility index (Phi) is 4.28. The van der Waals surface area contributed by atoms with Gasteiger partial charge in [0.25, 0.3) is 0 Å². The highest BCUT2D eigenvalue weighted by molar-refractivity contribution is 6.30. The van der Waals surface area contributed by atoms with E-state index >= 15 is 0 Å². The van der Waals surface area contributed by atoms with Crippen LogP contribution in [0.2, 0.25) is 5.02 Å². The Balaban J connectivity index is 1.99. The fourth-order valence-electron chi connectivity index (χ4n) is 1.75. The lowest BCUT2D eigenvalue weighted by Gasteiger charge is -2.14. The zero-order chi connectivity index (χ0) is 13.0. The third-order valence-electron chi connectivity index (χ3n) is 2.74. The first-order valence-electron chi connectivity index (χ1n) is 5.73. The summed E-state index contributed by atoms with van der Waals surface area (Å²) in [4.78, 5) is 3.97. The van der Waals surface area contributed by atoms with E-state index in [2.05, 4.69) is 17.2 Å². The molecule has 0 aliphatic carbocycles. The van der Waals surface area contributed by atoms with Crippen molar-refractivity contribution in [1.29, 1.82) is 0 Å². The van der Waals surface area contributed by atoms with Gasteiger partial charge >= 0.3 is 0 Å². The number of nitrogens with zero attached hydrogens (tertiary/aromatic N) is 1. The van der Waals surface area contributed by atoms with Crippen molar-refractivity contribution in [2.75, 3.05) is 0 Å². The van der Waals surface area contributed by atoms with Crippen LogP contribution >= 0.6 is 11.6 Å². The van der Waals surface area contributed by atoms with Crippen LogP contribution < -0.4 is 5.32 Å². The van der Waals surface area contributed by atoms with E-state index < -0.39 is 0 Å². The second-order valence-corrected chi connectivity index (χ2v) is 4.60. The monoisotopic (exact) mass is 264 g/mol. The average molecular weight is 265 g/mol.